The van der Waals surface area contributed by atoms with E-state index in [-0.39, 0.29) is 11.8 Å². The Kier molecular flexibility index (Phi) is 5.32. The Morgan fingerprint density at radius 2 is 1.85 bits per heavy atom. The smallest absolute Gasteiger partial charge is 0.227 e. The Morgan fingerprint density at radius 3 is 2.50 bits per heavy atom. The predicted molar refractivity (Wildman–Crippen MR) is 102 cm³/mol. The maximum atomic E-state index is 13.2. The number of nitrogens with one attached hydrogen (secondary N) is 1. The number of piperazine rings is 1. The molecule has 6 nitrogen and oxygen atoms in total. The molecule has 0 unspecified atom stereocenters. The fraction of sp³-hybridized carbons (Fsp3) is 0.800. The summed E-state index contributed by atoms with van der Waals surface area (Å²) in [6, 6.07) is 0.750. The number of hydrogen-bond donors (Lipinski definition) is 1. The third-order valence-electron chi connectivity index (χ3n) is 6.81. The van der Waals surface area contributed by atoms with Gasteiger partial charge in [-0.15, -0.1) is 0 Å². The van der Waals surface area contributed by atoms with Crippen molar-refractivity contribution in [2.24, 2.45) is 18.9 Å². The first-order valence-corrected chi connectivity index (χ1v) is 10.3. The van der Waals surface area contributed by atoms with E-state index in [1.807, 2.05) is 17.9 Å². The number of rotatable bonds is 3. The van der Waals surface area contributed by atoms with Gasteiger partial charge in [0, 0.05) is 64.5 Å². The monoisotopic (exact) mass is 359 g/mol. The van der Waals surface area contributed by atoms with Crippen LogP contribution in [-0.4, -0.2) is 70.8 Å². The number of amides is 1. The van der Waals surface area contributed by atoms with Crippen molar-refractivity contribution >= 4 is 5.91 Å². The first-order chi connectivity index (χ1) is 12.6. The molecule has 0 aromatic carbocycles. The SMILES string of the molecule is CC1CCC(N2CCN(C(=O)[C@H]3CNC[C@@H]3c3cnn(C)c3)CC2)CC1. The van der Waals surface area contributed by atoms with Crippen LogP contribution >= 0.6 is 0 Å². The summed E-state index contributed by atoms with van der Waals surface area (Å²) in [6.07, 6.45) is 9.38. The molecule has 2 aliphatic heterocycles. The van der Waals surface area contributed by atoms with Gasteiger partial charge in [0.2, 0.25) is 5.91 Å². The van der Waals surface area contributed by atoms with Crippen molar-refractivity contribution in [2.45, 2.75) is 44.6 Å². The quantitative estimate of drug-likeness (QED) is 0.887. The molecule has 2 atom stereocenters. The summed E-state index contributed by atoms with van der Waals surface area (Å²) in [4.78, 5) is 17.9. The number of nitrogens with zero attached hydrogens (tertiary/aromatic N) is 4. The van der Waals surface area contributed by atoms with Crippen LogP contribution in [0.4, 0.5) is 0 Å². The van der Waals surface area contributed by atoms with Crippen LogP contribution in [0.5, 0.6) is 0 Å². The van der Waals surface area contributed by atoms with E-state index in [9.17, 15) is 4.79 Å². The lowest BCUT2D eigenvalue weighted by molar-refractivity contribution is -0.137. The zero-order valence-corrected chi connectivity index (χ0v) is 16.2. The second kappa shape index (κ2) is 7.69. The fourth-order valence-electron chi connectivity index (χ4n) is 5.07. The van der Waals surface area contributed by atoms with Crippen molar-refractivity contribution in [2.75, 3.05) is 39.3 Å². The molecule has 1 amide bonds. The standard InChI is InChI=1S/C20H33N5O/c1-15-3-5-17(6-4-15)24-7-9-25(10-8-24)20(26)19-13-21-12-18(19)16-11-22-23(2)14-16/h11,14-15,17-19,21H,3-10,12-13H2,1-2H3/t15?,17?,18-,19+/m1/s1. The molecule has 6 heteroatoms. The van der Waals surface area contributed by atoms with Crippen LogP contribution in [-0.2, 0) is 11.8 Å². The number of carbonyl (C=O) groups is 1. The Hall–Kier alpha value is -1.40. The van der Waals surface area contributed by atoms with Gasteiger partial charge in [0.15, 0.2) is 0 Å². The highest BCUT2D eigenvalue weighted by molar-refractivity contribution is 5.80. The molecule has 1 aliphatic carbocycles. The summed E-state index contributed by atoms with van der Waals surface area (Å²) in [5, 5.41) is 7.71. The van der Waals surface area contributed by atoms with Crippen molar-refractivity contribution in [3.8, 4) is 0 Å². The average molecular weight is 360 g/mol. The van der Waals surface area contributed by atoms with Gasteiger partial charge in [-0.1, -0.05) is 6.92 Å². The van der Waals surface area contributed by atoms with E-state index in [2.05, 4.69) is 33.3 Å². The second-order valence-electron chi connectivity index (χ2n) is 8.59. The predicted octanol–water partition coefficient (Wildman–Crippen LogP) is 1.45. The molecule has 144 valence electrons. The summed E-state index contributed by atoms with van der Waals surface area (Å²) in [5.74, 6) is 1.55. The summed E-state index contributed by atoms with van der Waals surface area (Å²) in [7, 11) is 1.94. The number of carbonyl (C=O) groups excluding carboxylic acids is 1. The molecule has 1 saturated carbocycles. The molecule has 1 aromatic heterocycles. The van der Waals surface area contributed by atoms with Gasteiger partial charge in [-0.05, 0) is 37.2 Å². The van der Waals surface area contributed by atoms with Crippen molar-refractivity contribution in [1.29, 1.82) is 0 Å². The molecule has 1 aromatic rings. The van der Waals surface area contributed by atoms with Crippen molar-refractivity contribution in [1.82, 2.24) is 24.9 Å². The Bertz CT molecular complexity index is 613. The zero-order chi connectivity index (χ0) is 18.1. The normalized spacial score (nSPS) is 33.5. The molecule has 1 N–H and O–H groups in total. The van der Waals surface area contributed by atoms with Gasteiger partial charge < -0.3 is 10.2 Å². The third kappa shape index (κ3) is 3.67. The van der Waals surface area contributed by atoms with Crippen molar-refractivity contribution in [3.63, 3.8) is 0 Å². The maximum absolute atomic E-state index is 13.2. The minimum Gasteiger partial charge on any atom is -0.340 e. The summed E-state index contributed by atoms with van der Waals surface area (Å²) >= 11 is 0. The fourth-order valence-corrected chi connectivity index (χ4v) is 5.07. The van der Waals surface area contributed by atoms with E-state index in [0.29, 0.717) is 5.91 Å². The van der Waals surface area contributed by atoms with Crippen LogP contribution in [0.1, 0.15) is 44.1 Å². The van der Waals surface area contributed by atoms with E-state index in [1.165, 1.54) is 31.2 Å². The van der Waals surface area contributed by atoms with Gasteiger partial charge >= 0.3 is 0 Å². The maximum Gasteiger partial charge on any atom is 0.227 e. The highest BCUT2D eigenvalue weighted by Gasteiger charge is 2.38. The van der Waals surface area contributed by atoms with Gasteiger partial charge in [-0.25, -0.2) is 0 Å². The van der Waals surface area contributed by atoms with Gasteiger partial charge in [-0.2, -0.15) is 5.10 Å². The lowest BCUT2D eigenvalue weighted by Gasteiger charge is -2.42. The molecular weight excluding hydrogens is 326 g/mol. The van der Waals surface area contributed by atoms with Gasteiger partial charge in [0.05, 0.1) is 12.1 Å². The van der Waals surface area contributed by atoms with Crippen molar-refractivity contribution in [3.05, 3.63) is 18.0 Å². The number of hydrogen-bond acceptors (Lipinski definition) is 4. The first-order valence-electron chi connectivity index (χ1n) is 10.3. The van der Waals surface area contributed by atoms with Crippen LogP contribution in [0.2, 0.25) is 0 Å². The number of aromatic nitrogens is 2. The zero-order valence-electron chi connectivity index (χ0n) is 16.2. The topological polar surface area (TPSA) is 53.4 Å². The van der Waals surface area contributed by atoms with E-state index >= 15 is 0 Å². The Balaban J connectivity index is 1.33. The molecule has 4 rings (SSSR count). The van der Waals surface area contributed by atoms with Gasteiger partial charge in [0.1, 0.15) is 0 Å². The molecule has 0 bridgehead atoms. The minimum absolute atomic E-state index is 0.0567. The van der Waals surface area contributed by atoms with Crippen LogP contribution in [0.3, 0.4) is 0 Å². The van der Waals surface area contributed by atoms with E-state index in [1.54, 1.807) is 0 Å². The van der Waals surface area contributed by atoms with E-state index in [4.69, 9.17) is 0 Å². The summed E-state index contributed by atoms with van der Waals surface area (Å²) < 4.78 is 1.83. The molecule has 0 radical (unpaired) electrons. The molecule has 26 heavy (non-hydrogen) atoms. The van der Waals surface area contributed by atoms with Crippen molar-refractivity contribution < 1.29 is 4.79 Å². The number of aryl methyl sites for hydroxylation is 1. The lowest BCUT2D eigenvalue weighted by atomic mass is 9.86. The lowest BCUT2D eigenvalue weighted by Crippen LogP contribution is -2.54. The Morgan fingerprint density at radius 1 is 1.12 bits per heavy atom. The summed E-state index contributed by atoms with van der Waals surface area (Å²) in [5.41, 5.74) is 1.19. The molecule has 3 aliphatic rings. The largest absolute Gasteiger partial charge is 0.340 e. The molecular formula is C20H33N5O. The molecule has 2 saturated heterocycles. The van der Waals surface area contributed by atoms with Crippen LogP contribution in [0, 0.1) is 11.8 Å². The average Bonchev–Trinajstić information content (AvgIpc) is 3.30. The van der Waals surface area contributed by atoms with Crippen LogP contribution in [0.25, 0.3) is 0 Å². The highest BCUT2D eigenvalue weighted by Crippen LogP contribution is 2.31. The Labute approximate surface area is 156 Å². The molecule has 0 spiro atoms. The minimum atomic E-state index is 0.0567. The first kappa shape index (κ1) is 18.0. The third-order valence-corrected chi connectivity index (χ3v) is 6.81. The van der Waals surface area contributed by atoms with Crippen LogP contribution in [0.15, 0.2) is 12.4 Å². The van der Waals surface area contributed by atoms with E-state index < -0.39 is 0 Å². The molecule has 3 heterocycles. The second-order valence-corrected chi connectivity index (χ2v) is 8.59. The van der Waals surface area contributed by atoms with Gasteiger partial charge in [-0.3, -0.25) is 14.4 Å². The van der Waals surface area contributed by atoms with E-state index in [0.717, 1.165) is 51.2 Å². The summed E-state index contributed by atoms with van der Waals surface area (Å²) in [6.45, 7) is 7.91. The highest BCUT2D eigenvalue weighted by atomic mass is 16.2. The van der Waals surface area contributed by atoms with Gasteiger partial charge in [0.25, 0.3) is 0 Å². The molecule has 3 fully saturated rings. The van der Waals surface area contributed by atoms with Crippen LogP contribution < -0.4 is 5.32 Å².